The van der Waals surface area contributed by atoms with Gasteiger partial charge in [0.15, 0.2) is 0 Å². The molecule has 0 aromatic heterocycles. The van der Waals surface area contributed by atoms with E-state index in [9.17, 15) is 44.4 Å². The van der Waals surface area contributed by atoms with E-state index in [-0.39, 0.29) is 78.6 Å². The molecule has 0 radical (unpaired) electrons. The number of aliphatic hydroxyl groups is 3. The molecule has 9 N–H and O–H groups in total. The van der Waals surface area contributed by atoms with Crippen LogP contribution in [-0.2, 0) is 28.7 Å². The monoisotopic (exact) mass is 815 g/mol. The number of ether oxygens (including phenoxy) is 2. The number of nitrogens with two attached hydrogens (primary N) is 1. The number of nitrogens with one attached hydrogen (secondary N) is 4. The normalized spacial score (nSPS) is 20.9. The average molecular weight is 816 g/mol. The van der Waals surface area contributed by atoms with Gasteiger partial charge in [0.2, 0.25) is 23.5 Å². The van der Waals surface area contributed by atoms with Crippen molar-refractivity contribution in [3.8, 4) is 11.1 Å². The van der Waals surface area contributed by atoms with Crippen molar-refractivity contribution < 1.29 is 83.4 Å². The molecule has 0 spiro atoms. The Bertz CT molecular complexity index is 1530. The van der Waals surface area contributed by atoms with Crippen molar-refractivity contribution in [2.45, 2.75) is 81.8 Å². The first-order valence-corrected chi connectivity index (χ1v) is 19.7. The molecule has 0 bridgehead atoms. The van der Waals surface area contributed by atoms with E-state index >= 15 is 0 Å². The third kappa shape index (κ3) is 15.6. The zero-order chi connectivity index (χ0) is 39.7. The molecule has 1 aliphatic heterocycles. The fourth-order valence-electron chi connectivity index (χ4n) is 5.51. The summed E-state index contributed by atoms with van der Waals surface area (Å²) >= 11 is 2.71. The molecule has 1 fully saturated rings. The second kappa shape index (κ2) is 24.8. The molecule has 3 rings (SSSR count). The Morgan fingerprint density at radius 2 is 1.71 bits per heavy atom. The summed E-state index contributed by atoms with van der Waals surface area (Å²) in [7, 11) is 0. The topological polar surface area (TPSA) is 262 Å². The predicted molar refractivity (Wildman–Crippen MR) is 201 cm³/mol. The van der Waals surface area contributed by atoms with E-state index in [4.69, 9.17) is 15.2 Å². The maximum Gasteiger partial charge on any atom is 1.00 e. The van der Waals surface area contributed by atoms with E-state index in [1.165, 1.54) is 0 Å². The molecule has 0 aliphatic carbocycles. The molecule has 1 aliphatic rings. The van der Waals surface area contributed by atoms with Crippen molar-refractivity contribution in [3.05, 3.63) is 60.2 Å². The number of carboxylic acids is 1. The fraction of sp³-hybridized carbons (Fsp3) is 0.528. The van der Waals surface area contributed by atoms with Crippen LogP contribution in [0.5, 0.6) is 0 Å². The maximum atomic E-state index is 12.8. The van der Waals surface area contributed by atoms with Gasteiger partial charge in [-0.1, -0.05) is 61.3 Å². The van der Waals surface area contributed by atoms with Crippen molar-refractivity contribution >= 4 is 53.3 Å². The Morgan fingerprint density at radius 3 is 2.35 bits per heavy atom. The number of hydrogen-bond donors (Lipinski definition) is 8. The standard InChI is InChI=1S/C36H51N5O11S2.Na/c1-3-53-19-16-38-34(48)26(37)14-15-29(45)41-54-18-7-17-51-36(35(49)50)20-27(43)30(40-22(2)42)32(52-36)31(46)28(44)21-39-33(47)25-12-10-24(11-13-25)23-8-5-4-6-9-23;/h4-6,8-13,26-28,30-32,43-44,46H,3,7,14-21,37H2,1-2H3,(H,38,48)(H,39,47)(H,40,42)(H,41,45)(H,49,50);/q;+1/p-1/t26?,27-,28+,30+,31+,32+,36+;/m0./s1. The number of carbonyl (C=O) groups is 5. The summed E-state index contributed by atoms with van der Waals surface area (Å²) in [5, 5.41) is 53.0. The van der Waals surface area contributed by atoms with E-state index in [1.807, 2.05) is 37.3 Å². The zero-order valence-corrected chi connectivity index (χ0v) is 34.9. The number of benzene rings is 2. The Balaban J connectivity index is 0.0000105. The maximum absolute atomic E-state index is 12.8. The summed E-state index contributed by atoms with van der Waals surface area (Å²) < 4.78 is 13.9. The van der Waals surface area contributed by atoms with Crippen LogP contribution in [0.15, 0.2) is 54.6 Å². The minimum absolute atomic E-state index is 0. The Hall–Kier alpha value is -2.75. The van der Waals surface area contributed by atoms with Crippen molar-refractivity contribution in [1.82, 2.24) is 20.7 Å². The molecule has 0 saturated carbocycles. The molecule has 7 atom stereocenters. The molecule has 4 amide bonds. The van der Waals surface area contributed by atoms with Gasteiger partial charge in [-0.05, 0) is 41.9 Å². The summed E-state index contributed by atoms with van der Waals surface area (Å²) in [4.78, 5) is 61.4. The number of rotatable bonds is 22. The largest absolute Gasteiger partial charge is 1.00 e. The van der Waals surface area contributed by atoms with E-state index in [2.05, 4.69) is 20.7 Å². The SMILES string of the molecule is CCSCCNC(=O)C(N)CCC(=O)NSCCCO[C@]1(C(=O)[O-])C[C@H](O)[C@@H](NC(C)=O)[C@H]([C@H](O)[C@H](O)CNC(=O)c2ccc(-c3ccccc3)cc2)O1.[Na+]. The fourth-order valence-corrected chi connectivity index (χ4v) is 6.68. The molecule has 1 heterocycles. The molecule has 16 nitrogen and oxygen atoms in total. The van der Waals surface area contributed by atoms with Crippen LogP contribution in [0.4, 0.5) is 0 Å². The van der Waals surface area contributed by atoms with Gasteiger partial charge in [0.25, 0.3) is 5.91 Å². The quantitative estimate of drug-likeness (QED) is 0.0321. The second-order valence-electron chi connectivity index (χ2n) is 12.5. The van der Waals surface area contributed by atoms with Crippen LogP contribution in [0.2, 0.25) is 0 Å². The predicted octanol–water partition coefficient (Wildman–Crippen LogP) is -3.94. The van der Waals surface area contributed by atoms with Gasteiger partial charge in [-0.25, -0.2) is 0 Å². The summed E-state index contributed by atoms with van der Waals surface area (Å²) in [5.41, 5.74) is 7.99. The van der Waals surface area contributed by atoms with Gasteiger partial charge >= 0.3 is 29.6 Å². The summed E-state index contributed by atoms with van der Waals surface area (Å²) in [6, 6.07) is 14.0. The zero-order valence-electron chi connectivity index (χ0n) is 31.2. The second-order valence-corrected chi connectivity index (χ2v) is 14.8. The number of aliphatic carboxylic acids is 1. The molecular formula is C36H50N5NaO11S2. The molecule has 1 unspecified atom stereocenters. The average Bonchev–Trinajstić information content (AvgIpc) is 3.16. The molecule has 55 heavy (non-hydrogen) atoms. The van der Waals surface area contributed by atoms with Crippen LogP contribution in [0, 0.1) is 0 Å². The van der Waals surface area contributed by atoms with Gasteiger partial charge in [0.05, 0.1) is 30.9 Å². The first kappa shape index (κ1) is 48.4. The Kier molecular flexibility index (Phi) is 21.8. The van der Waals surface area contributed by atoms with E-state index in [0.29, 0.717) is 6.54 Å². The number of aliphatic hydroxyl groups excluding tert-OH is 3. The van der Waals surface area contributed by atoms with Crippen molar-refractivity contribution in [2.24, 2.45) is 5.73 Å². The van der Waals surface area contributed by atoms with Crippen molar-refractivity contribution in [3.63, 3.8) is 0 Å². The van der Waals surface area contributed by atoms with Gasteiger partial charge in [0, 0.05) is 49.9 Å². The van der Waals surface area contributed by atoms with Gasteiger partial charge in [0.1, 0.15) is 18.2 Å². The van der Waals surface area contributed by atoms with Crippen LogP contribution >= 0.6 is 23.7 Å². The number of hydrogen-bond acceptors (Lipinski definition) is 14. The smallest absolute Gasteiger partial charge is 0.544 e. The molecule has 19 heteroatoms. The van der Waals surface area contributed by atoms with Gasteiger partial charge < -0.3 is 61.1 Å². The molecule has 298 valence electrons. The van der Waals surface area contributed by atoms with E-state index in [1.54, 1.807) is 36.0 Å². The Morgan fingerprint density at radius 1 is 1.04 bits per heavy atom. The minimum Gasteiger partial charge on any atom is -0.544 e. The van der Waals surface area contributed by atoms with Crippen LogP contribution in [0.25, 0.3) is 11.1 Å². The van der Waals surface area contributed by atoms with Crippen LogP contribution in [0.1, 0.15) is 49.9 Å². The number of carboxylic acid groups (broad SMARTS) is 1. The van der Waals surface area contributed by atoms with Gasteiger partial charge in [-0.2, -0.15) is 11.8 Å². The van der Waals surface area contributed by atoms with Crippen LogP contribution in [0.3, 0.4) is 0 Å². The van der Waals surface area contributed by atoms with Crippen LogP contribution < -0.4 is 61.1 Å². The third-order valence-corrected chi connectivity index (χ3v) is 10.2. The Labute approximate surface area is 351 Å². The van der Waals surface area contributed by atoms with Crippen LogP contribution in [-0.4, -0.2) is 124 Å². The number of amides is 4. The van der Waals surface area contributed by atoms with Crippen molar-refractivity contribution in [1.29, 1.82) is 0 Å². The van der Waals surface area contributed by atoms with E-state index in [0.717, 1.165) is 41.5 Å². The molecule has 2 aromatic rings. The van der Waals surface area contributed by atoms with Gasteiger partial charge in [-0.15, -0.1) is 0 Å². The minimum atomic E-state index is -2.58. The summed E-state index contributed by atoms with van der Waals surface area (Å²) in [6.45, 7) is 2.90. The first-order chi connectivity index (χ1) is 25.8. The van der Waals surface area contributed by atoms with Crippen molar-refractivity contribution in [2.75, 3.05) is 37.0 Å². The summed E-state index contributed by atoms with van der Waals surface area (Å²) in [6.07, 6.45) is -7.34. The van der Waals surface area contributed by atoms with Gasteiger partial charge in [-0.3, -0.25) is 19.2 Å². The molecule has 2 aromatic carbocycles. The molecule has 1 saturated heterocycles. The van der Waals surface area contributed by atoms with E-state index < -0.39 is 73.0 Å². The molecular weight excluding hydrogens is 766 g/mol. The number of thioether (sulfide) groups is 1. The summed E-state index contributed by atoms with van der Waals surface area (Å²) in [5.74, 6) is -4.35. The third-order valence-electron chi connectivity index (χ3n) is 8.39. The first-order valence-electron chi connectivity index (χ1n) is 17.6. The number of carbonyl (C=O) groups excluding carboxylic acids is 5.